The van der Waals surface area contributed by atoms with Crippen molar-refractivity contribution in [3.8, 4) is 0 Å². The fourth-order valence-corrected chi connectivity index (χ4v) is 4.87. The predicted molar refractivity (Wildman–Crippen MR) is 62.5 cm³/mol. The van der Waals surface area contributed by atoms with Gasteiger partial charge in [-0.3, -0.25) is 4.55 Å². The Morgan fingerprint density at radius 2 is 1.75 bits per heavy atom. The van der Waals surface area contributed by atoms with Crippen molar-refractivity contribution in [2.75, 3.05) is 0 Å². The minimum atomic E-state index is -3.93. The quantitative estimate of drug-likeness (QED) is 0.687. The molecule has 0 bridgehead atoms. The fourth-order valence-electron chi connectivity index (χ4n) is 3.62. The first-order valence-electron chi connectivity index (χ1n) is 6.13. The van der Waals surface area contributed by atoms with E-state index in [-0.39, 0.29) is 12.0 Å². The van der Waals surface area contributed by atoms with Gasteiger partial charge in [0.2, 0.25) is 0 Å². The van der Waals surface area contributed by atoms with E-state index in [9.17, 15) is 13.0 Å². The molecule has 0 heterocycles. The van der Waals surface area contributed by atoms with Crippen molar-refractivity contribution in [3.63, 3.8) is 0 Å². The van der Waals surface area contributed by atoms with Crippen molar-refractivity contribution >= 4 is 10.1 Å². The maximum absolute atomic E-state index is 11.4. The largest absolute Gasteiger partial charge is 0.327 e. The van der Waals surface area contributed by atoms with Crippen LogP contribution in [0, 0.1) is 17.8 Å². The van der Waals surface area contributed by atoms with Crippen LogP contribution in [0.25, 0.3) is 0 Å². The highest BCUT2D eigenvalue weighted by Crippen LogP contribution is 2.45. The molecule has 5 atom stereocenters. The summed E-state index contributed by atoms with van der Waals surface area (Å²) in [6.45, 7) is 2.12. The van der Waals surface area contributed by atoms with Gasteiger partial charge in [-0.05, 0) is 37.0 Å². The standard InChI is InChI=1S/C11H21NO3S/c1-7-8-4-2-3-5-9(8)11(6-10(7)12)16(13,14)15/h7-11H,2-6,12H2,1H3,(H,13,14,15). The van der Waals surface area contributed by atoms with Gasteiger partial charge in [0.1, 0.15) is 0 Å². The molecule has 0 aromatic rings. The van der Waals surface area contributed by atoms with Crippen molar-refractivity contribution in [1.82, 2.24) is 0 Å². The molecule has 4 nitrogen and oxygen atoms in total. The van der Waals surface area contributed by atoms with E-state index in [4.69, 9.17) is 5.73 Å². The van der Waals surface area contributed by atoms with Gasteiger partial charge in [-0.25, -0.2) is 0 Å². The molecular formula is C11H21NO3S. The lowest BCUT2D eigenvalue weighted by atomic mass is 9.64. The van der Waals surface area contributed by atoms with Crippen LogP contribution in [0.3, 0.4) is 0 Å². The zero-order valence-corrected chi connectivity index (χ0v) is 10.5. The molecule has 94 valence electrons. The van der Waals surface area contributed by atoms with E-state index in [1.165, 1.54) is 0 Å². The van der Waals surface area contributed by atoms with Crippen molar-refractivity contribution in [3.05, 3.63) is 0 Å². The zero-order valence-electron chi connectivity index (χ0n) is 9.67. The summed E-state index contributed by atoms with van der Waals surface area (Å²) in [4.78, 5) is 0. The van der Waals surface area contributed by atoms with E-state index >= 15 is 0 Å². The lowest BCUT2D eigenvalue weighted by molar-refractivity contribution is 0.0977. The van der Waals surface area contributed by atoms with Gasteiger partial charge in [0.05, 0.1) is 5.25 Å². The molecular weight excluding hydrogens is 226 g/mol. The van der Waals surface area contributed by atoms with Gasteiger partial charge in [-0.2, -0.15) is 8.42 Å². The maximum Gasteiger partial charge on any atom is 0.268 e. The topological polar surface area (TPSA) is 80.4 Å². The fraction of sp³-hybridized carbons (Fsp3) is 1.00. The number of hydrogen-bond acceptors (Lipinski definition) is 3. The van der Waals surface area contributed by atoms with Gasteiger partial charge in [0.25, 0.3) is 10.1 Å². The first kappa shape index (κ1) is 12.3. The summed E-state index contributed by atoms with van der Waals surface area (Å²) < 4.78 is 32.1. The van der Waals surface area contributed by atoms with Crippen LogP contribution in [0.2, 0.25) is 0 Å². The normalized spacial score (nSPS) is 45.1. The Kier molecular flexibility index (Phi) is 3.29. The number of nitrogens with two attached hydrogens (primary N) is 1. The molecule has 0 spiro atoms. The smallest absolute Gasteiger partial charge is 0.268 e. The number of fused-ring (bicyclic) bond motifs is 1. The van der Waals surface area contributed by atoms with Crippen LogP contribution in [0.5, 0.6) is 0 Å². The van der Waals surface area contributed by atoms with Crippen LogP contribution in [-0.4, -0.2) is 24.3 Å². The average Bonchev–Trinajstić information content (AvgIpc) is 2.22. The van der Waals surface area contributed by atoms with Crippen molar-refractivity contribution in [2.45, 2.75) is 50.3 Å². The predicted octanol–water partition coefficient (Wildman–Crippen LogP) is 1.42. The second kappa shape index (κ2) is 4.27. The van der Waals surface area contributed by atoms with Gasteiger partial charge >= 0.3 is 0 Å². The lowest BCUT2D eigenvalue weighted by Gasteiger charge is -2.46. The Bertz CT molecular complexity index is 354. The molecule has 0 radical (unpaired) electrons. The summed E-state index contributed by atoms with van der Waals surface area (Å²) in [6.07, 6.45) is 4.64. The molecule has 0 saturated heterocycles. The molecule has 0 amide bonds. The Labute approximate surface area is 97.3 Å². The van der Waals surface area contributed by atoms with E-state index in [1.54, 1.807) is 0 Å². The van der Waals surface area contributed by atoms with Crippen molar-refractivity contribution in [1.29, 1.82) is 0 Å². The zero-order chi connectivity index (χ0) is 11.9. The monoisotopic (exact) mass is 247 g/mol. The second-order valence-corrected chi connectivity index (χ2v) is 7.06. The number of hydrogen-bond donors (Lipinski definition) is 2. The summed E-state index contributed by atoms with van der Waals surface area (Å²) in [6, 6.07) is -0.0914. The molecule has 16 heavy (non-hydrogen) atoms. The average molecular weight is 247 g/mol. The summed E-state index contributed by atoms with van der Waals surface area (Å²) in [5, 5.41) is -0.621. The summed E-state index contributed by atoms with van der Waals surface area (Å²) >= 11 is 0. The first-order chi connectivity index (χ1) is 7.41. The van der Waals surface area contributed by atoms with Crippen LogP contribution < -0.4 is 5.73 Å². The van der Waals surface area contributed by atoms with Gasteiger partial charge in [-0.15, -0.1) is 0 Å². The van der Waals surface area contributed by atoms with Crippen LogP contribution >= 0.6 is 0 Å². The summed E-state index contributed by atoms with van der Waals surface area (Å²) in [5.41, 5.74) is 6.00. The molecule has 0 aliphatic heterocycles. The highest BCUT2D eigenvalue weighted by atomic mass is 32.2. The molecule has 2 aliphatic carbocycles. The third-order valence-electron chi connectivity index (χ3n) is 4.59. The van der Waals surface area contributed by atoms with Gasteiger partial charge < -0.3 is 5.73 Å². The molecule has 2 rings (SSSR count). The summed E-state index contributed by atoms with van der Waals surface area (Å²) in [7, 11) is -3.93. The Hall–Kier alpha value is -0.130. The number of rotatable bonds is 1. The molecule has 3 N–H and O–H groups in total. The Balaban J connectivity index is 2.27. The molecule has 2 fully saturated rings. The maximum atomic E-state index is 11.4. The van der Waals surface area contributed by atoms with Crippen molar-refractivity contribution < 1.29 is 13.0 Å². The van der Waals surface area contributed by atoms with E-state index in [2.05, 4.69) is 6.92 Å². The van der Waals surface area contributed by atoms with Gasteiger partial charge in [0, 0.05) is 6.04 Å². The van der Waals surface area contributed by atoms with Crippen LogP contribution in [0.1, 0.15) is 39.0 Å². The van der Waals surface area contributed by atoms with Crippen LogP contribution in [-0.2, 0) is 10.1 Å². The third kappa shape index (κ3) is 2.13. The van der Waals surface area contributed by atoms with E-state index in [1.807, 2.05) is 0 Å². The first-order valence-corrected chi connectivity index (χ1v) is 7.63. The summed E-state index contributed by atoms with van der Waals surface area (Å²) in [5.74, 6) is 0.881. The van der Waals surface area contributed by atoms with Gasteiger partial charge in [-0.1, -0.05) is 19.8 Å². The van der Waals surface area contributed by atoms with Gasteiger partial charge in [0.15, 0.2) is 0 Å². The second-order valence-electron chi connectivity index (χ2n) is 5.42. The lowest BCUT2D eigenvalue weighted by Crippen LogP contribution is -2.51. The van der Waals surface area contributed by atoms with Crippen LogP contribution in [0.15, 0.2) is 0 Å². The minimum absolute atomic E-state index is 0.0914. The van der Waals surface area contributed by atoms with E-state index in [0.717, 1.165) is 25.7 Å². The molecule has 2 aliphatic rings. The third-order valence-corrected chi connectivity index (χ3v) is 5.90. The van der Waals surface area contributed by atoms with Crippen molar-refractivity contribution in [2.24, 2.45) is 23.5 Å². The Morgan fingerprint density at radius 1 is 1.19 bits per heavy atom. The molecule has 2 saturated carbocycles. The molecule has 0 aromatic carbocycles. The molecule has 0 aromatic heterocycles. The highest BCUT2D eigenvalue weighted by Gasteiger charge is 2.46. The molecule has 5 heteroatoms. The van der Waals surface area contributed by atoms with E-state index in [0.29, 0.717) is 18.3 Å². The Morgan fingerprint density at radius 3 is 2.31 bits per heavy atom. The van der Waals surface area contributed by atoms with Crippen LogP contribution in [0.4, 0.5) is 0 Å². The highest BCUT2D eigenvalue weighted by molar-refractivity contribution is 7.86. The van der Waals surface area contributed by atoms with E-state index < -0.39 is 15.4 Å². The molecule has 5 unspecified atom stereocenters. The SMILES string of the molecule is CC1C(N)CC(S(=O)(=O)O)C2CCCCC12. The minimum Gasteiger partial charge on any atom is -0.327 e.